The molecule has 3 aromatic rings. The van der Waals surface area contributed by atoms with Crippen molar-refractivity contribution < 1.29 is 14.0 Å². The van der Waals surface area contributed by atoms with Gasteiger partial charge in [0.05, 0.1) is 5.92 Å². The van der Waals surface area contributed by atoms with E-state index in [9.17, 15) is 9.59 Å². The summed E-state index contributed by atoms with van der Waals surface area (Å²) in [5, 5.41) is 0. The van der Waals surface area contributed by atoms with E-state index in [2.05, 4.69) is 4.98 Å². The van der Waals surface area contributed by atoms with Gasteiger partial charge in [0.2, 0.25) is 11.8 Å². The summed E-state index contributed by atoms with van der Waals surface area (Å²) in [6, 6.07) is 14.9. The molecule has 26 heavy (non-hydrogen) atoms. The van der Waals surface area contributed by atoms with Crippen LogP contribution in [0.4, 0.5) is 5.69 Å². The summed E-state index contributed by atoms with van der Waals surface area (Å²) in [7, 11) is 0. The van der Waals surface area contributed by atoms with Crippen molar-refractivity contribution in [3.8, 4) is 0 Å². The molecule has 1 aliphatic heterocycles. The van der Waals surface area contributed by atoms with Gasteiger partial charge in [0.1, 0.15) is 5.52 Å². The molecule has 0 aliphatic carbocycles. The fourth-order valence-corrected chi connectivity index (χ4v) is 3.19. The lowest BCUT2D eigenvalue weighted by molar-refractivity contribution is -0.121. The predicted molar refractivity (Wildman–Crippen MR) is 98.2 cm³/mol. The van der Waals surface area contributed by atoms with E-state index >= 15 is 0 Å². The molecule has 1 atom stereocenters. The smallest absolute Gasteiger partial charge is 0.251 e. The molecular formula is C20H17N3O3. The molecule has 0 saturated heterocycles. The van der Waals surface area contributed by atoms with Crippen molar-refractivity contribution in [2.45, 2.75) is 6.42 Å². The number of aromatic nitrogens is 1. The monoisotopic (exact) mass is 347 g/mol. The highest BCUT2D eigenvalue weighted by Gasteiger charge is 2.30. The number of carbonyl (C=O) groups excluding carboxylic acids is 2. The van der Waals surface area contributed by atoms with Gasteiger partial charge in [-0.2, -0.15) is 0 Å². The van der Waals surface area contributed by atoms with Crippen molar-refractivity contribution >= 4 is 34.7 Å². The van der Waals surface area contributed by atoms with E-state index in [1.165, 1.54) is 6.08 Å². The third-order valence-corrected chi connectivity index (χ3v) is 4.50. The summed E-state index contributed by atoms with van der Waals surface area (Å²) in [6.45, 7) is 0.267. The highest BCUT2D eigenvalue weighted by Crippen LogP contribution is 2.30. The Balaban J connectivity index is 1.61. The quantitative estimate of drug-likeness (QED) is 0.737. The minimum Gasteiger partial charge on any atom is -0.437 e. The van der Waals surface area contributed by atoms with Crippen LogP contribution in [-0.2, 0) is 16.0 Å². The lowest BCUT2D eigenvalue weighted by Crippen LogP contribution is -2.43. The van der Waals surface area contributed by atoms with Crippen LogP contribution in [0.3, 0.4) is 0 Å². The number of nitrogens with zero attached hydrogens (tertiary/aromatic N) is 2. The van der Waals surface area contributed by atoms with Gasteiger partial charge in [0.25, 0.3) is 5.91 Å². The molecular weight excluding hydrogens is 330 g/mol. The molecule has 0 bridgehead atoms. The molecule has 0 spiro atoms. The van der Waals surface area contributed by atoms with Crippen LogP contribution in [0.2, 0.25) is 0 Å². The summed E-state index contributed by atoms with van der Waals surface area (Å²) in [4.78, 5) is 30.3. The molecule has 4 rings (SSSR count). The van der Waals surface area contributed by atoms with Crippen LogP contribution in [0, 0.1) is 5.92 Å². The van der Waals surface area contributed by atoms with Crippen LogP contribution >= 0.6 is 0 Å². The zero-order valence-electron chi connectivity index (χ0n) is 14.0. The van der Waals surface area contributed by atoms with Gasteiger partial charge in [-0.05, 0) is 30.2 Å². The Morgan fingerprint density at radius 3 is 2.73 bits per heavy atom. The van der Waals surface area contributed by atoms with Crippen molar-refractivity contribution in [1.29, 1.82) is 0 Å². The minimum atomic E-state index is -0.403. The predicted octanol–water partition coefficient (Wildman–Crippen LogP) is 2.53. The molecule has 1 aliphatic rings. The fourth-order valence-electron chi connectivity index (χ4n) is 3.19. The average molecular weight is 347 g/mol. The molecule has 6 heteroatoms. The largest absolute Gasteiger partial charge is 0.437 e. The van der Waals surface area contributed by atoms with Gasteiger partial charge in [-0.15, -0.1) is 0 Å². The van der Waals surface area contributed by atoms with Crippen LogP contribution in [0.15, 0.2) is 59.0 Å². The standard InChI is InChI=1S/C20H17N3O3/c21-20(25)14-11-13-5-1-3-7-16(13)23(12-14)19(24)10-9-18-22-15-6-2-4-8-17(15)26-18/h1-10,14H,11-12H2,(H2,21,25)/b10-9+/t14-/m1/s1. The van der Waals surface area contributed by atoms with Gasteiger partial charge < -0.3 is 15.1 Å². The molecule has 2 amide bonds. The first-order chi connectivity index (χ1) is 12.6. The van der Waals surface area contributed by atoms with E-state index in [4.69, 9.17) is 10.2 Å². The van der Waals surface area contributed by atoms with Crippen LogP contribution in [0.1, 0.15) is 11.5 Å². The second-order valence-corrected chi connectivity index (χ2v) is 6.23. The van der Waals surface area contributed by atoms with E-state index in [-0.39, 0.29) is 12.5 Å². The lowest BCUT2D eigenvalue weighted by atomic mass is 9.92. The van der Waals surface area contributed by atoms with Gasteiger partial charge in [-0.3, -0.25) is 9.59 Å². The molecule has 0 radical (unpaired) electrons. The van der Waals surface area contributed by atoms with Crippen molar-refractivity contribution in [1.82, 2.24) is 4.98 Å². The van der Waals surface area contributed by atoms with E-state index < -0.39 is 11.8 Å². The highest BCUT2D eigenvalue weighted by molar-refractivity contribution is 6.05. The number of primary amides is 1. The number of amides is 2. The fraction of sp³-hybridized carbons (Fsp3) is 0.150. The molecule has 1 aromatic heterocycles. The average Bonchev–Trinajstić information content (AvgIpc) is 3.08. The molecule has 6 nitrogen and oxygen atoms in total. The van der Waals surface area contributed by atoms with Gasteiger partial charge in [0.15, 0.2) is 5.58 Å². The van der Waals surface area contributed by atoms with Crippen LogP contribution in [0.25, 0.3) is 17.2 Å². The number of oxazole rings is 1. The Bertz CT molecular complexity index is 989. The SMILES string of the molecule is NC(=O)[C@@H]1Cc2ccccc2N(C(=O)/C=C/c2nc3ccccc3o2)C1. The topological polar surface area (TPSA) is 89.4 Å². The van der Waals surface area contributed by atoms with Crippen molar-refractivity contribution in [2.75, 3.05) is 11.4 Å². The third kappa shape index (κ3) is 2.97. The van der Waals surface area contributed by atoms with Crippen LogP contribution in [0.5, 0.6) is 0 Å². The summed E-state index contributed by atoms with van der Waals surface area (Å²) < 4.78 is 5.59. The van der Waals surface area contributed by atoms with Gasteiger partial charge >= 0.3 is 0 Å². The maximum Gasteiger partial charge on any atom is 0.251 e. The van der Waals surface area contributed by atoms with Crippen molar-refractivity contribution in [3.63, 3.8) is 0 Å². The van der Waals surface area contributed by atoms with Crippen molar-refractivity contribution in [3.05, 3.63) is 66.1 Å². The molecule has 0 unspecified atom stereocenters. The highest BCUT2D eigenvalue weighted by atomic mass is 16.3. The molecule has 0 fully saturated rings. The summed E-state index contributed by atoms with van der Waals surface area (Å²) in [5.41, 5.74) is 8.61. The molecule has 0 saturated carbocycles. The number of carbonyl (C=O) groups is 2. The van der Waals surface area contributed by atoms with E-state index in [0.29, 0.717) is 17.9 Å². The summed E-state index contributed by atoms with van der Waals surface area (Å²) in [5.74, 6) is -0.686. The van der Waals surface area contributed by atoms with Crippen LogP contribution < -0.4 is 10.6 Å². The minimum absolute atomic E-state index is 0.245. The summed E-state index contributed by atoms with van der Waals surface area (Å²) >= 11 is 0. The van der Waals surface area contributed by atoms with Crippen LogP contribution in [-0.4, -0.2) is 23.3 Å². The van der Waals surface area contributed by atoms with Gasteiger partial charge in [0, 0.05) is 24.4 Å². The first-order valence-corrected chi connectivity index (χ1v) is 8.34. The molecule has 2 aromatic carbocycles. The first-order valence-electron chi connectivity index (χ1n) is 8.34. The Morgan fingerprint density at radius 2 is 1.92 bits per heavy atom. The number of nitrogens with two attached hydrogens (primary N) is 1. The van der Waals surface area contributed by atoms with E-state index in [1.807, 2.05) is 48.5 Å². The van der Waals surface area contributed by atoms with Gasteiger partial charge in [-0.1, -0.05) is 30.3 Å². The summed E-state index contributed by atoms with van der Waals surface area (Å²) in [6.07, 6.45) is 3.49. The number of hydrogen-bond donors (Lipinski definition) is 1. The number of para-hydroxylation sites is 3. The Kier molecular flexibility index (Phi) is 4.01. The maximum atomic E-state index is 12.7. The van der Waals surface area contributed by atoms with Gasteiger partial charge in [-0.25, -0.2) is 4.98 Å². The lowest BCUT2D eigenvalue weighted by Gasteiger charge is -2.32. The Morgan fingerprint density at radius 1 is 1.15 bits per heavy atom. The number of fused-ring (bicyclic) bond motifs is 2. The normalized spacial score (nSPS) is 16.8. The van der Waals surface area contributed by atoms with Crippen molar-refractivity contribution in [2.24, 2.45) is 11.7 Å². The third-order valence-electron chi connectivity index (χ3n) is 4.50. The molecule has 2 N–H and O–H groups in total. The number of anilines is 1. The zero-order chi connectivity index (χ0) is 18.1. The second kappa shape index (κ2) is 6.48. The number of rotatable bonds is 3. The number of benzene rings is 2. The second-order valence-electron chi connectivity index (χ2n) is 6.23. The van der Waals surface area contributed by atoms with E-state index in [0.717, 1.165) is 16.8 Å². The first kappa shape index (κ1) is 16.1. The Labute approximate surface area is 149 Å². The Hall–Kier alpha value is -3.41. The molecule has 130 valence electrons. The molecule has 2 heterocycles. The maximum absolute atomic E-state index is 12.7. The van der Waals surface area contributed by atoms with E-state index in [1.54, 1.807) is 11.0 Å². The zero-order valence-corrected chi connectivity index (χ0v) is 14.0. The number of hydrogen-bond acceptors (Lipinski definition) is 4.